The van der Waals surface area contributed by atoms with E-state index in [0.29, 0.717) is 17.4 Å². The van der Waals surface area contributed by atoms with Gasteiger partial charge < -0.3 is 10.1 Å². The summed E-state index contributed by atoms with van der Waals surface area (Å²) in [6.45, 7) is 5.91. The van der Waals surface area contributed by atoms with Crippen LogP contribution >= 0.6 is 0 Å². The van der Waals surface area contributed by atoms with Gasteiger partial charge in [-0.3, -0.25) is 4.79 Å². The van der Waals surface area contributed by atoms with Crippen molar-refractivity contribution in [3.05, 3.63) is 0 Å². The molecule has 128 valence electrons. The highest BCUT2D eigenvalue weighted by Crippen LogP contribution is 2.57. The lowest BCUT2D eigenvalue weighted by atomic mass is 9.53. The molecule has 0 aromatic carbocycles. The van der Waals surface area contributed by atoms with E-state index in [-0.39, 0.29) is 0 Å². The molecule has 3 fully saturated rings. The van der Waals surface area contributed by atoms with Crippen molar-refractivity contribution in [3.63, 3.8) is 0 Å². The van der Waals surface area contributed by atoms with Gasteiger partial charge in [0.05, 0.1) is 6.10 Å². The molecule has 0 radical (unpaired) electrons. The quantitative estimate of drug-likeness (QED) is 0.573. The molecule has 0 saturated heterocycles. The summed E-state index contributed by atoms with van der Waals surface area (Å²) in [6, 6.07) is 0. The summed E-state index contributed by atoms with van der Waals surface area (Å²) in [6.07, 6.45) is 13.8. The standard InChI is InChI=1S/C19H35NO2/c1-16(2)22-12-7-5-3-4-6-11-20-18(21)15-19-10-8-9-17(13-19)14-19/h16-17H,3-15H2,1-2H3,(H,20,21). The molecule has 1 amide bonds. The highest BCUT2D eigenvalue weighted by Gasteiger charge is 2.47. The molecule has 1 N–H and O–H groups in total. The second-order valence-electron chi connectivity index (χ2n) is 7.88. The van der Waals surface area contributed by atoms with Gasteiger partial charge in [-0.05, 0) is 57.3 Å². The van der Waals surface area contributed by atoms with Gasteiger partial charge in [0.1, 0.15) is 0 Å². The van der Waals surface area contributed by atoms with E-state index in [0.717, 1.165) is 38.3 Å². The Balaban J connectivity index is 1.40. The number of unbranched alkanes of at least 4 members (excludes halogenated alkanes) is 4. The Bertz CT molecular complexity index is 329. The predicted octanol–water partition coefficient (Wildman–Crippen LogP) is 4.45. The minimum Gasteiger partial charge on any atom is -0.379 e. The van der Waals surface area contributed by atoms with E-state index in [9.17, 15) is 4.79 Å². The van der Waals surface area contributed by atoms with Crippen molar-refractivity contribution in [1.29, 1.82) is 0 Å². The summed E-state index contributed by atoms with van der Waals surface area (Å²) in [7, 11) is 0. The van der Waals surface area contributed by atoms with Crippen LogP contribution in [0, 0.1) is 11.3 Å². The van der Waals surface area contributed by atoms with Gasteiger partial charge in [-0.15, -0.1) is 0 Å². The van der Waals surface area contributed by atoms with Gasteiger partial charge >= 0.3 is 0 Å². The van der Waals surface area contributed by atoms with Crippen LogP contribution in [-0.2, 0) is 9.53 Å². The Morgan fingerprint density at radius 1 is 1.18 bits per heavy atom. The summed E-state index contributed by atoms with van der Waals surface area (Å²) >= 11 is 0. The molecule has 3 saturated carbocycles. The molecule has 0 aromatic heterocycles. The summed E-state index contributed by atoms with van der Waals surface area (Å²) in [5.74, 6) is 1.24. The van der Waals surface area contributed by atoms with Gasteiger partial charge in [0.25, 0.3) is 0 Å². The minimum absolute atomic E-state index is 0.297. The van der Waals surface area contributed by atoms with Gasteiger partial charge in [0, 0.05) is 19.6 Å². The third kappa shape index (κ3) is 5.91. The maximum atomic E-state index is 12.1. The van der Waals surface area contributed by atoms with E-state index < -0.39 is 0 Å². The van der Waals surface area contributed by atoms with E-state index >= 15 is 0 Å². The number of fused-ring (bicyclic) bond motifs is 2. The van der Waals surface area contributed by atoms with Crippen molar-refractivity contribution in [1.82, 2.24) is 5.32 Å². The number of carbonyl (C=O) groups excluding carboxylic acids is 1. The van der Waals surface area contributed by atoms with Gasteiger partial charge in [-0.25, -0.2) is 0 Å². The number of rotatable bonds is 11. The van der Waals surface area contributed by atoms with Crippen molar-refractivity contribution in [2.45, 2.75) is 90.6 Å². The van der Waals surface area contributed by atoms with E-state index in [1.54, 1.807) is 0 Å². The van der Waals surface area contributed by atoms with Gasteiger partial charge in [-0.2, -0.15) is 0 Å². The van der Waals surface area contributed by atoms with Crippen LogP contribution in [0.15, 0.2) is 0 Å². The first-order chi connectivity index (χ1) is 10.6. The monoisotopic (exact) mass is 309 g/mol. The third-order valence-corrected chi connectivity index (χ3v) is 5.39. The topological polar surface area (TPSA) is 38.3 Å². The molecular weight excluding hydrogens is 274 g/mol. The smallest absolute Gasteiger partial charge is 0.220 e. The normalized spacial score (nSPS) is 26.8. The molecular formula is C19H35NO2. The molecule has 0 spiro atoms. The first kappa shape index (κ1) is 17.8. The average molecular weight is 309 g/mol. The number of hydrogen-bond acceptors (Lipinski definition) is 2. The van der Waals surface area contributed by atoms with Crippen LogP contribution in [0.3, 0.4) is 0 Å². The molecule has 3 rings (SSSR count). The van der Waals surface area contributed by atoms with Crippen molar-refractivity contribution < 1.29 is 9.53 Å². The summed E-state index contributed by atoms with van der Waals surface area (Å²) in [5, 5.41) is 3.13. The largest absolute Gasteiger partial charge is 0.379 e. The zero-order valence-corrected chi connectivity index (χ0v) is 14.7. The number of carbonyl (C=O) groups is 1. The Morgan fingerprint density at radius 2 is 1.91 bits per heavy atom. The molecule has 3 aliphatic rings. The maximum Gasteiger partial charge on any atom is 0.220 e. The SMILES string of the molecule is CC(C)OCCCCCCCNC(=O)CC12CCCC(C1)C2. The van der Waals surface area contributed by atoms with Crippen LogP contribution in [0.2, 0.25) is 0 Å². The summed E-state index contributed by atoms with van der Waals surface area (Å²) in [5.41, 5.74) is 0.406. The third-order valence-electron chi connectivity index (χ3n) is 5.39. The van der Waals surface area contributed by atoms with Crippen LogP contribution in [0.4, 0.5) is 0 Å². The molecule has 0 aromatic rings. The second-order valence-corrected chi connectivity index (χ2v) is 7.88. The fourth-order valence-corrected chi connectivity index (χ4v) is 4.28. The number of ether oxygens (including phenoxy) is 1. The number of amides is 1. The van der Waals surface area contributed by atoms with Crippen LogP contribution in [0.25, 0.3) is 0 Å². The molecule has 22 heavy (non-hydrogen) atoms. The summed E-state index contributed by atoms with van der Waals surface area (Å²) < 4.78 is 5.53. The van der Waals surface area contributed by atoms with Gasteiger partial charge in [-0.1, -0.05) is 32.1 Å². The van der Waals surface area contributed by atoms with Crippen LogP contribution in [-0.4, -0.2) is 25.2 Å². The minimum atomic E-state index is 0.297. The first-order valence-electron chi connectivity index (χ1n) is 9.48. The van der Waals surface area contributed by atoms with Crippen molar-refractivity contribution in [2.24, 2.45) is 11.3 Å². The lowest BCUT2D eigenvalue weighted by Gasteiger charge is -2.52. The lowest BCUT2D eigenvalue weighted by molar-refractivity contribution is -0.128. The van der Waals surface area contributed by atoms with Crippen molar-refractivity contribution >= 4 is 5.91 Å². The van der Waals surface area contributed by atoms with E-state index in [1.807, 2.05) is 0 Å². The molecule has 0 aliphatic heterocycles. The summed E-state index contributed by atoms with van der Waals surface area (Å²) in [4.78, 5) is 12.1. The molecule has 3 nitrogen and oxygen atoms in total. The van der Waals surface area contributed by atoms with E-state index in [1.165, 1.54) is 51.4 Å². The molecule has 3 aliphatic carbocycles. The highest BCUT2D eigenvalue weighted by molar-refractivity contribution is 5.76. The Hall–Kier alpha value is -0.570. The second kappa shape index (κ2) is 8.90. The Morgan fingerprint density at radius 3 is 2.59 bits per heavy atom. The molecule has 2 bridgehead atoms. The lowest BCUT2D eigenvalue weighted by Crippen LogP contribution is -2.44. The molecule has 0 atom stereocenters. The molecule has 3 heteroatoms. The Labute approximate surface area is 136 Å². The fraction of sp³-hybridized carbons (Fsp3) is 0.947. The Kier molecular flexibility index (Phi) is 7.20. The van der Waals surface area contributed by atoms with Crippen LogP contribution < -0.4 is 5.32 Å². The maximum absolute atomic E-state index is 12.1. The zero-order valence-electron chi connectivity index (χ0n) is 14.7. The van der Waals surface area contributed by atoms with E-state index in [2.05, 4.69) is 19.2 Å². The van der Waals surface area contributed by atoms with Gasteiger partial charge in [0.15, 0.2) is 0 Å². The first-order valence-corrected chi connectivity index (χ1v) is 9.48. The van der Waals surface area contributed by atoms with Gasteiger partial charge in [0.2, 0.25) is 5.91 Å². The highest BCUT2D eigenvalue weighted by atomic mass is 16.5. The zero-order chi connectivity index (χ0) is 15.8. The van der Waals surface area contributed by atoms with Crippen molar-refractivity contribution in [3.8, 4) is 0 Å². The van der Waals surface area contributed by atoms with E-state index in [4.69, 9.17) is 4.74 Å². The van der Waals surface area contributed by atoms with Crippen LogP contribution in [0.1, 0.15) is 84.5 Å². The van der Waals surface area contributed by atoms with Crippen molar-refractivity contribution in [2.75, 3.05) is 13.2 Å². The predicted molar refractivity (Wildman–Crippen MR) is 90.8 cm³/mol. The number of nitrogens with one attached hydrogen (secondary N) is 1. The average Bonchev–Trinajstić information content (AvgIpc) is 2.44. The van der Waals surface area contributed by atoms with Crippen LogP contribution in [0.5, 0.6) is 0 Å². The molecule has 0 heterocycles. The number of hydrogen-bond donors (Lipinski definition) is 1. The molecule has 0 unspecified atom stereocenters. The fourth-order valence-electron chi connectivity index (χ4n) is 4.28.